The summed E-state index contributed by atoms with van der Waals surface area (Å²) in [5, 5.41) is 6.65. The minimum absolute atomic E-state index is 0.750. The molecule has 0 radical (unpaired) electrons. The van der Waals surface area contributed by atoms with Crippen LogP contribution in [0.2, 0.25) is 0 Å². The van der Waals surface area contributed by atoms with Crippen molar-refractivity contribution in [2.75, 3.05) is 5.32 Å². The third-order valence-corrected chi connectivity index (χ3v) is 4.58. The highest BCUT2D eigenvalue weighted by atomic mass is 79.9. The number of hydrogen-bond donors (Lipinski definition) is 1. The maximum atomic E-state index is 4.69. The van der Waals surface area contributed by atoms with E-state index in [-0.39, 0.29) is 0 Å². The van der Waals surface area contributed by atoms with Gasteiger partial charge in [-0.3, -0.25) is 0 Å². The van der Waals surface area contributed by atoms with Gasteiger partial charge in [-0.2, -0.15) is 0 Å². The molecule has 0 spiro atoms. The van der Waals surface area contributed by atoms with E-state index in [2.05, 4.69) is 62.8 Å². The first-order chi connectivity index (χ1) is 10.2. The normalized spacial score (nSPS) is 10.6. The first kappa shape index (κ1) is 14.3. The number of thiazole rings is 1. The van der Waals surface area contributed by atoms with Crippen molar-refractivity contribution >= 4 is 33.0 Å². The lowest BCUT2D eigenvalue weighted by Crippen LogP contribution is -2.00. The highest BCUT2D eigenvalue weighted by Gasteiger charge is 2.05. The van der Waals surface area contributed by atoms with E-state index in [4.69, 9.17) is 0 Å². The zero-order chi connectivity index (χ0) is 14.7. The smallest absolute Gasteiger partial charge is 0.112 e. The van der Waals surface area contributed by atoms with Gasteiger partial charge in [-0.05, 0) is 30.7 Å². The lowest BCUT2D eigenvalue weighted by Gasteiger charge is -2.08. The highest BCUT2D eigenvalue weighted by molar-refractivity contribution is 9.10. The largest absolute Gasteiger partial charge is 0.378 e. The molecule has 1 heterocycles. The topological polar surface area (TPSA) is 24.9 Å². The van der Waals surface area contributed by atoms with E-state index in [9.17, 15) is 0 Å². The van der Waals surface area contributed by atoms with Crippen LogP contribution in [-0.4, -0.2) is 4.98 Å². The molecule has 0 saturated heterocycles. The van der Waals surface area contributed by atoms with E-state index in [1.165, 1.54) is 11.1 Å². The molecule has 2 aromatic carbocycles. The molecule has 1 aromatic heterocycles. The van der Waals surface area contributed by atoms with E-state index in [0.29, 0.717) is 0 Å². The molecule has 0 amide bonds. The zero-order valence-electron chi connectivity index (χ0n) is 11.6. The van der Waals surface area contributed by atoms with Gasteiger partial charge in [0.1, 0.15) is 5.01 Å². The van der Waals surface area contributed by atoms with Crippen molar-refractivity contribution < 1.29 is 0 Å². The van der Waals surface area contributed by atoms with Crippen LogP contribution >= 0.6 is 27.3 Å². The van der Waals surface area contributed by atoms with Crippen molar-refractivity contribution in [1.82, 2.24) is 4.98 Å². The van der Waals surface area contributed by atoms with Gasteiger partial charge in [-0.25, -0.2) is 4.98 Å². The SMILES string of the molecule is Cc1cc(Br)ccc1NCc1nc(-c2ccccc2)cs1. The molecule has 1 N–H and O–H groups in total. The molecule has 0 saturated carbocycles. The van der Waals surface area contributed by atoms with E-state index in [1.807, 2.05) is 24.3 Å². The fraction of sp³-hybridized carbons (Fsp3) is 0.118. The summed E-state index contributed by atoms with van der Waals surface area (Å²) in [6.07, 6.45) is 0. The average molecular weight is 359 g/mol. The number of hydrogen-bond acceptors (Lipinski definition) is 3. The summed E-state index contributed by atoms with van der Waals surface area (Å²) in [6.45, 7) is 2.85. The second-order valence-electron chi connectivity index (χ2n) is 4.81. The van der Waals surface area contributed by atoms with Gasteiger partial charge in [0.15, 0.2) is 0 Å². The Morgan fingerprint density at radius 2 is 1.95 bits per heavy atom. The molecule has 4 heteroatoms. The van der Waals surface area contributed by atoms with Crippen molar-refractivity contribution in [3.05, 3.63) is 69.0 Å². The standard InChI is InChI=1S/C17H15BrN2S/c1-12-9-14(18)7-8-15(12)19-10-17-20-16(11-21-17)13-5-3-2-4-6-13/h2-9,11,19H,10H2,1H3. The van der Waals surface area contributed by atoms with E-state index >= 15 is 0 Å². The third kappa shape index (κ3) is 3.52. The molecule has 0 bridgehead atoms. The van der Waals surface area contributed by atoms with E-state index < -0.39 is 0 Å². The summed E-state index contributed by atoms with van der Waals surface area (Å²) in [6, 6.07) is 16.5. The van der Waals surface area contributed by atoms with Crippen LogP contribution in [0.25, 0.3) is 11.3 Å². The Bertz CT molecular complexity index is 738. The molecule has 0 aliphatic rings. The minimum atomic E-state index is 0.750. The first-order valence-electron chi connectivity index (χ1n) is 6.72. The molecule has 0 fully saturated rings. The van der Waals surface area contributed by atoms with Crippen molar-refractivity contribution in [2.45, 2.75) is 13.5 Å². The molecule has 21 heavy (non-hydrogen) atoms. The second kappa shape index (κ2) is 6.41. The molecule has 106 valence electrons. The summed E-state index contributed by atoms with van der Waals surface area (Å²) >= 11 is 5.17. The van der Waals surface area contributed by atoms with Crippen LogP contribution in [0.1, 0.15) is 10.6 Å². The molecular formula is C17H15BrN2S. The van der Waals surface area contributed by atoms with Crippen LogP contribution in [-0.2, 0) is 6.54 Å². The Balaban J connectivity index is 1.70. The predicted molar refractivity (Wildman–Crippen MR) is 93.8 cm³/mol. The second-order valence-corrected chi connectivity index (χ2v) is 6.66. The fourth-order valence-electron chi connectivity index (χ4n) is 2.13. The Morgan fingerprint density at radius 1 is 1.14 bits per heavy atom. The lowest BCUT2D eigenvalue weighted by molar-refractivity contribution is 1.10. The van der Waals surface area contributed by atoms with Crippen molar-refractivity contribution in [3.63, 3.8) is 0 Å². The Morgan fingerprint density at radius 3 is 2.71 bits per heavy atom. The Labute approximate surface area is 137 Å². The molecule has 0 aliphatic heterocycles. The number of nitrogens with zero attached hydrogens (tertiary/aromatic N) is 1. The number of halogens is 1. The maximum absolute atomic E-state index is 4.69. The average Bonchev–Trinajstić information content (AvgIpc) is 2.96. The van der Waals surface area contributed by atoms with Gasteiger partial charge in [-0.15, -0.1) is 11.3 Å². The molecule has 2 nitrogen and oxygen atoms in total. The number of aryl methyl sites for hydroxylation is 1. The van der Waals surface area contributed by atoms with Crippen molar-refractivity contribution in [1.29, 1.82) is 0 Å². The highest BCUT2D eigenvalue weighted by Crippen LogP contribution is 2.24. The van der Waals surface area contributed by atoms with Gasteiger partial charge in [0.2, 0.25) is 0 Å². The minimum Gasteiger partial charge on any atom is -0.378 e. The monoisotopic (exact) mass is 358 g/mol. The van der Waals surface area contributed by atoms with Crippen LogP contribution in [0.5, 0.6) is 0 Å². The number of nitrogens with one attached hydrogen (secondary N) is 1. The molecule has 0 atom stereocenters. The first-order valence-corrected chi connectivity index (χ1v) is 8.39. The van der Waals surface area contributed by atoms with Crippen LogP contribution in [0.3, 0.4) is 0 Å². The summed E-state index contributed by atoms with van der Waals surface area (Å²) < 4.78 is 1.10. The molecular weight excluding hydrogens is 344 g/mol. The number of anilines is 1. The Kier molecular flexibility index (Phi) is 4.36. The van der Waals surface area contributed by atoms with E-state index in [1.54, 1.807) is 11.3 Å². The van der Waals surface area contributed by atoms with Crippen LogP contribution in [0, 0.1) is 6.92 Å². The maximum Gasteiger partial charge on any atom is 0.112 e. The zero-order valence-corrected chi connectivity index (χ0v) is 14.0. The summed E-state index contributed by atoms with van der Waals surface area (Å²) in [5.41, 5.74) is 4.59. The summed E-state index contributed by atoms with van der Waals surface area (Å²) in [7, 11) is 0. The van der Waals surface area contributed by atoms with Crippen LogP contribution in [0.4, 0.5) is 5.69 Å². The third-order valence-electron chi connectivity index (χ3n) is 3.24. The summed E-state index contributed by atoms with van der Waals surface area (Å²) in [4.78, 5) is 4.69. The number of benzene rings is 2. The predicted octanol–water partition coefficient (Wildman–Crippen LogP) is 5.49. The molecule has 3 aromatic rings. The Hall–Kier alpha value is -1.65. The van der Waals surface area contributed by atoms with Gasteiger partial charge in [0.05, 0.1) is 12.2 Å². The van der Waals surface area contributed by atoms with Crippen molar-refractivity contribution in [3.8, 4) is 11.3 Å². The van der Waals surface area contributed by atoms with Gasteiger partial charge in [0.25, 0.3) is 0 Å². The lowest BCUT2D eigenvalue weighted by atomic mass is 10.2. The van der Waals surface area contributed by atoms with Crippen LogP contribution < -0.4 is 5.32 Å². The quantitative estimate of drug-likeness (QED) is 0.666. The number of rotatable bonds is 4. The van der Waals surface area contributed by atoms with Crippen LogP contribution in [0.15, 0.2) is 58.4 Å². The van der Waals surface area contributed by atoms with Crippen molar-refractivity contribution in [2.24, 2.45) is 0 Å². The molecule has 3 rings (SSSR count). The fourth-order valence-corrected chi connectivity index (χ4v) is 3.35. The summed E-state index contributed by atoms with van der Waals surface area (Å²) in [5.74, 6) is 0. The van der Waals surface area contributed by atoms with Gasteiger partial charge >= 0.3 is 0 Å². The van der Waals surface area contributed by atoms with Gasteiger partial charge in [-0.1, -0.05) is 46.3 Å². The van der Waals surface area contributed by atoms with Gasteiger partial charge < -0.3 is 5.32 Å². The van der Waals surface area contributed by atoms with Gasteiger partial charge in [0, 0.05) is 21.1 Å². The molecule has 0 aliphatic carbocycles. The van der Waals surface area contributed by atoms with E-state index in [0.717, 1.165) is 27.4 Å². The molecule has 0 unspecified atom stereocenters. The number of aromatic nitrogens is 1.